The maximum Gasteiger partial charge on any atom is 0.326 e. The molecule has 11 heteroatoms. The smallest absolute Gasteiger partial charge is 0.326 e. The van der Waals surface area contributed by atoms with Gasteiger partial charge in [0.05, 0.1) is 12.4 Å². The number of carboxylic acid groups (broad SMARTS) is 1. The number of rotatable bonds is 15. The molecule has 3 atom stereocenters. The fourth-order valence-corrected chi connectivity index (χ4v) is 2.79. The molecule has 0 saturated carbocycles. The largest absolute Gasteiger partial charge is 0.480 e. The molecule has 0 saturated heterocycles. The second kappa shape index (κ2) is 13.6. The Morgan fingerprint density at radius 2 is 1.59 bits per heavy atom. The molecule has 0 bridgehead atoms. The van der Waals surface area contributed by atoms with Crippen molar-refractivity contribution in [3.8, 4) is 0 Å². The molecule has 0 spiro atoms. The minimum Gasteiger partial charge on any atom is -0.480 e. The average molecular weight is 412 g/mol. The van der Waals surface area contributed by atoms with Crippen molar-refractivity contribution in [2.24, 2.45) is 17.2 Å². The Bertz CT molecular complexity index is 624. The van der Waals surface area contributed by atoms with Gasteiger partial charge in [-0.15, -0.1) is 0 Å². The molecular formula is C18H33N7O4. The molecule has 10 N–H and O–H groups in total. The summed E-state index contributed by atoms with van der Waals surface area (Å²) in [5, 5.41) is 14.5. The average Bonchev–Trinajstić information content (AvgIpc) is 3.19. The van der Waals surface area contributed by atoms with Crippen molar-refractivity contribution >= 4 is 17.8 Å². The standard InChI is InChI=1S/C18H33N7O4/c19-7-3-1-5-14(17(27)25-15(18(28)29)6-2-4-8-20)24-16(26)13(21)9-12-10-22-11-23-12/h10-11,13-15H,1-9,19-21H2,(H,22,23)(H,24,26)(H,25,27)(H,28,29). The molecule has 1 aromatic rings. The van der Waals surface area contributed by atoms with Crippen LogP contribution >= 0.6 is 0 Å². The van der Waals surface area contributed by atoms with Gasteiger partial charge in [-0.3, -0.25) is 9.59 Å². The number of hydrogen-bond donors (Lipinski definition) is 7. The van der Waals surface area contributed by atoms with Gasteiger partial charge in [-0.1, -0.05) is 0 Å². The Morgan fingerprint density at radius 1 is 1.00 bits per heavy atom. The van der Waals surface area contributed by atoms with Crippen molar-refractivity contribution < 1.29 is 19.5 Å². The number of unbranched alkanes of at least 4 members (excludes halogenated alkanes) is 2. The summed E-state index contributed by atoms with van der Waals surface area (Å²) in [4.78, 5) is 43.3. The molecule has 1 aromatic heterocycles. The number of nitrogens with two attached hydrogens (primary N) is 3. The summed E-state index contributed by atoms with van der Waals surface area (Å²) < 4.78 is 0. The molecule has 0 radical (unpaired) electrons. The van der Waals surface area contributed by atoms with Gasteiger partial charge in [0.15, 0.2) is 0 Å². The number of nitrogens with one attached hydrogen (secondary N) is 3. The predicted molar refractivity (Wildman–Crippen MR) is 108 cm³/mol. The van der Waals surface area contributed by atoms with Crippen LogP contribution in [0.3, 0.4) is 0 Å². The molecule has 11 nitrogen and oxygen atoms in total. The molecule has 0 aliphatic rings. The molecular weight excluding hydrogens is 378 g/mol. The lowest BCUT2D eigenvalue weighted by Crippen LogP contribution is -2.54. The van der Waals surface area contributed by atoms with Gasteiger partial charge in [0.2, 0.25) is 11.8 Å². The molecule has 164 valence electrons. The lowest BCUT2D eigenvalue weighted by Gasteiger charge is -2.23. The van der Waals surface area contributed by atoms with Gasteiger partial charge in [0.25, 0.3) is 0 Å². The Morgan fingerprint density at radius 3 is 2.10 bits per heavy atom. The Labute approximate surface area is 170 Å². The van der Waals surface area contributed by atoms with Crippen LogP contribution in [0.15, 0.2) is 12.5 Å². The van der Waals surface area contributed by atoms with Crippen LogP contribution in [0, 0.1) is 0 Å². The summed E-state index contributed by atoms with van der Waals surface area (Å²) in [6.45, 7) is 0.907. The van der Waals surface area contributed by atoms with Crippen molar-refractivity contribution in [3.63, 3.8) is 0 Å². The summed E-state index contributed by atoms with van der Waals surface area (Å²) in [5.74, 6) is -2.18. The van der Waals surface area contributed by atoms with Crippen molar-refractivity contribution in [2.45, 2.75) is 63.1 Å². The van der Waals surface area contributed by atoms with Crippen LogP contribution in [-0.2, 0) is 20.8 Å². The quantitative estimate of drug-likeness (QED) is 0.170. The minimum absolute atomic E-state index is 0.236. The topological polar surface area (TPSA) is 202 Å². The zero-order valence-corrected chi connectivity index (χ0v) is 16.6. The van der Waals surface area contributed by atoms with E-state index in [0.717, 1.165) is 0 Å². The number of carbonyl (C=O) groups is 3. The van der Waals surface area contributed by atoms with Crippen molar-refractivity contribution in [1.29, 1.82) is 0 Å². The van der Waals surface area contributed by atoms with Crippen molar-refractivity contribution in [3.05, 3.63) is 18.2 Å². The third-order valence-corrected chi connectivity index (χ3v) is 4.47. The van der Waals surface area contributed by atoms with Crippen molar-refractivity contribution in [2.75, 3.05) is 13.1 Å². The van der Waals surface area contributed by atoms with E-state index in [1.54, 1.807) is 6.20 Å². The van der Waals surface area contributed by atoms with Crippen LogP contribution in [0.4, 0.5) is 0 Å². The van der Waals surface area contributed by atoms with Crippen LogP contribution in [-0.4, -0.2) is 64.1 Å². The van der Waals surface area contributed by atoms with Crippen LogP contribution in [0.25, 0.3) is 0 Å². The van der Waals surface area contributed by atoms with E-state index in [-0.39, 0.29) is 12.8 Å². The number of carboxylic acids is 1. The van der Waals surface area contributed by atoms with Gasteiger partial charge in [-0.2, -0.15) is 0 Å². The summed E-state index contributed by atoms with van der Waals surface area (Å²) in [6.07, 6.45) is 6.42. The third-order valence-electron chi connectivity index (χ3n) is 4.47. The fraction of sp³-hybridized carbons (Fsp3) is 0.667. The number of amides is 2. The molecule has 29 heavy (non-hydrogen) atoms. The first-order valence-electron chi connectivity index (χ1n) is 9.85. The lowest BCUT2D eigenvalue weighted by atomic mass is 10.0. The molecule has 0 aliphatic heterocycles. The van der Waals surface area contributed by atoms with Crippen LogP contribution in [0.5, 0.6) is 0 Å². The first kappa shape index (κ1) is 24.5. The number of imidazole rings is 1. The highest BCUT2D eigenvalue weighted by Crippen LogP contribution is 2.06. The number of hydrogen-bond acceptors (Lipinski definition) is 7. The third kappa shape index (κ3) is 9.50. The maximum atomic E-state index is 12.7. The molecule has 0 aromatic carbocycles. The van der Waals surface area contributed by atoms with Gasteiger partial charge in [0, 0.05) is 18.3 Å². The number of aliphatic carboxylic acids is 1. The summed E-state index contributed by atoms with van der Waals surface area (Å²) >= 11 is 0. The molecule has 2 amide bonds. The van der Waals surface area contributed by atoms with Crippen LogP contribution < -0.4 is 27.8 Å². The molecule has 1 rings (SSSR count). The van der Waals surface area contributed by atoms with Gasteiger partial charge in [-0.05, 0) is 51.6 Å². The molecule has 0 aliphatic carbocycles. The normalized spacial score (nSPS) is 14.0. The van der Waals surface area contributed by atoms with E-state index in [0.29, 0.717) is 50.9 Å². The lowest BCUT2D eigenvalue weighted by molar-refractivity contribution is -0.142. The zero-order valence-electron chi connectivity index (χ0n) is 16.6. The van der Waals surface area contributed by atoms with E-state index < -0.39 is 35.9 Å². The van der Waals surface area contributed by atoms with E-state index in [2.05, 4.69) is 20.6 Å². The fourth-order valence-electron chi connectivity index (χ4n) is 2.79. The van der Waals surface area contributed by atoms with Gasteiger partial charge >= 0.3 is 5.97 Å². The first-order chi connectivity index (χ1) is 13.9. The SMILES string of the molecule is NCCCCC(NC(=O)C(CCCCN)NC(=O)C(N)Cc1cnc[nH]1)C(=O)O. The summed E-state index contributed by atoms with van der Waals surface area (Å²) in [7, 11) is 0. The maximum absolute atomic E-state index is 12.7. The molecule has 1 heterocycles. The van der Waals surface area contributed by atoms with E-state index in [1.807, 2.05) is 0 Å². The van der Waals surface area contributed by atoms with Crippen LogP contribution in [0.1, 0.15) is 44.2 Å². The number of carbonyl (C=O) groups excluding carboxylic acids is 2. The van der Waals surface area contributed by atoms with Crippen LogP contribution in [0.2, 0.25) is 0 Å². The number of aromatic amines is 1. The minimum atomic E-state index is -1.13. The monoisotopic (exact) mass is 411 g/mol. The highest BCUT2D eigenvalue weighted by Gasteiger charge is 2.27. The molecule has 0 fully saturated rings. The summed E-state index contributed by atoms with van der Waals surface area (Å²) in [6, 6.07) is -2.81. The highest BCUT2D eigenvalue weighted by atomic mass is 16.4. The van der Waals surface area contributed by atoms with Gasteiger partial charge < -0.3 is 37.9 Å². The van der Waals surface area contributed by atoms with E-state index in [4.69, 9.17) is 17.2 Å². The molecule has 3 unspecified atom stereocenters. The van der Waals surface area contributed by atoms with Crippen molar-refractivity contribution in [1.82, 2.24) is 20.6 Å². The van der Waals surface area contributed by atoms with E-state index in [1.165, 1.54) is 6.33 Å². The zero-order chi connectivity index (χ0) is 21.6. The van der Waals surface area contributed by atoms with Gasteiger partial charge in [0.1, 0.15) is 12.1 Å². The number of aromatic nitrogens is 2. The second-order valence-electron chi connectivity index (χ2n) is 6.92. The predicted octanol–water partition coefficient (Wildman–Crippen LogP) is -1.41. The number of nitrogens with zero attached hydrogens (tertiary/aromatic N) is 1. The second-order valence-corrected chi connectivity index (χ2v) is 6.92. The number of H-pyrrole nitrogens is 1. The Kier molecular flexibility index (Phi) is 11.5. The highest BCUT2D eigenvalue weighted by molar-refractivity contribution is 5.91. The Balaban J connectivity index is 2.71. The Hall–Kier alpha value is -2.50. The van der Waals surface area contributed by atoms with E-state index in [9.17, 15) is 19.5 Å². The van der Waals surface area contributed by atoms with Gasteiger partial charge in [-0.25, -0.2) is 9.78 Å². The first-order valence-corrected chi connectivity index (χ1v) is 9.85. The van der Waals surface area contributed by atoms with E-state index >= 15 is 0 Å². The summed E-state index contributed by atoms with van der Waals surface area (Å²) in [5.41, 5.74) is 17.6.